The van der Waals surface area contributed by atoms with Gasteiger partial charge in [0.1, 0.15) is 5.41 Å². The molecule has 0 aromatic carbocycles. The average Bonchev–Trinajstić information content (AvgIpc) is 2.04. The maximum atomic E-state index is 11.3. The summed E-state index contributed by atoms with van der Waals surface area (Å²) in [6.45, 7) is 0. The van der Waals surface area contributed by atoms with Crippen molar-refractivity contribution in [3.05, 3.63) is 0 Å². The Labute approximate surface area is 69.9 Å². The van der Waals surface area contributed by atoms with E-state index in [1.165, 1.54) is 0 Å². The molecule has 0 aromatic rings. The molecule has 0 spiro atoms. The Bertz CT molecular complexity index is 232. The van der Waals surface area contributed by atoms with Crippen LogP contribution >= 0.6 is 11.6 Å². The first-order chi connectivity index (χ1) is 5.17. The second kappa shape index (κ2) is 2.07. The summed E-state index contributed by atoms with van der Waals surface area (Å²) in [6.07, 6.45) is 3.35. The number of carbonyl (C=O) groups excluding carboxylic acids is 2. The van der Waals surface area contributed by atoms with Crippen LogP contribution in [0.4, 0.5) is 0 Å². The zero-order valence-electron chi connectivity index (χ0n) is 6.10. The van der Waals surface area contributed by atoms with E-state index in [4.69, 9.17) is 11.6 Å². The highest BCUT2D eigenvalue weighted by Crippen LogP contribution is 2.53. The van der Waals surface area contributed by atoms with E-state index in [0.717, 1.165) is 12.8 Å². The van der Waals surface area contributed by atoms with E-state index in [1.54, 1.807) is 0 Å². The molecule has 11 heavy (non-hydrogen) atoms. The first-order valence-corrected chi connectivity index (χ1v) is 4.29. The second-order valence-electron chi connectivity index (χ2n) is 3.51. The van der Waals surface area contributed by atoms with Crippen molar-refractivity contribution in [1.82, 2.24) is 0 Å². The smallest absolute Gasteiger partial charge is 0.235 e. The van der Waals surface area contributed by atoms with Gasteiger partial charge < -0.3 is 0 Å². The molecule has 3 fully saturated rings. The van der Waals surface area contributed by atoms with E-state index in [9.17, 15) is 9.59 Å². The highest BCUT2D eigenvalue weighted by molar-refractivity contribution is 6.67. The topological polar surface area (TPSA) is 34.1 Å². The van der Waals surface area contributed by atoms with Gasteiger partial charge in [0.25, 0.3) is 0 Å². The third-order valence-electron chi connectivity index (χ3n) is 2.97. The SMILES string of the molecule is O=C(Cl)C12CCCC(C1)C2=O. The Morgan fingerprint density at radius 1 is 1.64 bits per heavy atom. The van der Waals surface area contributed by atoms with Crippen molar-refractivity contribution in [3.63, 3.8) is 0 Å². The van der Waals surface area contributed by atoms with Crippen molar-refractivity contribution in [2.75, 3.05) is 0 Å². The van der Waals surface area contributed by atoms with E-state index in [1.807, 2.05) is 0 Å². The number of carbonyl (C=O) groups is 2. The molecule has 0 aliphatic heterocycles. The Hall–Kier alpha value is -0.370. The van der Waals surface area contributed by atoms with Crippen LogP contribution in [0, 0.1) is 11.3 Å². The van der Waals surface area contributed by atoms with E-state index < -0.39 is 10.7 Å². The normalized spacial score (nSPS) is 41.5. The molecule has 2 unspecified atom stereocenters. The van der Waals surface area contributed by atoms with Crippen LogP contribution in [0.5, 0.6) is 0 Å². The summed E-state index contributed by atoms with van der Waals surface area (Å²) >= 11 is 5.37. The van der Waals surface area contributed by atoms with E-state index in [2.05, 4.69) is 0 Å². The number of halogens is 1. The number of hydrogen-bond donors (Lipinski definition) is 0. The standard InChI is InChI=1S/C8H9ClO2/c9-7(11)8-3-1-2-5(4-8)6(8)10/h5H,1-4H2. The lowest BCUT2D eigenvalue weighted by Crippen LogP contribution is -2.55. The van der Waals surface area contributed by atoms with Crippen LogP contribution < -0.4 is 0 Å². The molecule has 3 aliphatic carbocycles. The minimum atomic E-state index is -0.732. The van der Waals surface area contributed by atoms with Crippen LogP contribution in [0.15, 0.2) is 0 Å². The quantitative estimate of drug-likeness (QED) is 0.444. The first-order valence-electron chi connectivity index (χ1n) is 3.91. The first kappa shape index (κ1) is 7.29. The Kier molecular flexibility index (Phi) is 1.37. The van der Waals surface area contributed by atoms with Gasteiger partial charge in [-0.3, -0.25) is 9.59 Å². The van der Waals surface area contributed by atoms with Crippen molar-refractivity contribution >= 4 is 22.6 Å². The van der Waals surface area contributed by atoms with Crippen LogP contribution in [0.3, 0.4) is 0 Å². The molecular weight excluding hydrogens is 164 g/mol. The van der Waals surface area contributed by atoms with Gasteiger partial charge in [-0.2, -0.15) is 0 Å². The maximum absolute atomic E-state index is 11.3. The van der Waals surface area contributed by atoms with Gasteiger partial charge in [0.2, 0.25) is 5.24 Å². The molecule has 60 valence electrons. The molecule has 0 saturated heterocycles. The van der Waals surface area contributed by atoms with Gasteiger partial charge in [-0.05, 0) is 30.9 Å². The molecule has 0 amide bonds. The van der Waals surface area contributed by atoms with Gasteiger partial charge in [0, 0.05) is 5.92 Å². The van der Waals surface area contributed by atoms with Gasteiger partial charge in [-0.1, -0.05) is 6.42 Å². The summed E-state index contributed by atoms with van der Waals surface area (Å²) in [5.74, 6) is 0.259. The minimum absolute atomic E-state index is 0.101. The van der Waals surface area contributed by atoms with Gasteiger partial charge >= 0.3 is 0 Å². The fourth-order valence-electron chi connectivity index (χ4n) is 2.26. The minimum Gasteiger partial charge on any atom is -0.298 e. The van der Waals surface area contributed by atoms with Crippen LogP contribution in [0.2, 0.25) is 0 Å². The molecule has 3 saturated carbocycles. The summed E-state index contributed by atoms with van der Waals surface area (Å²) in [6, 6.07) is 0. The van der Waals surface area contributed by atoms with Crippen molar-refractivity contribution in [1.29, 1.82) is 0 Å². The van der Waals surface area contributed by atoms with Crippen molar-refractivity contribution in [2.24, 2.45) is 11.3 Å². The van der Waals surface area contributed by atoms with Crippen molar-refractivity contribution in [3.8, 4) is 0 Å². The molecule has 0 N–H and O–H groups in total. The summed E-state index contributed by atoms with van der Waals surface area (Å²) in [7, 11) is 0. The largest absolute Gasteiger partial charge is 0.298 e. The maximum Gasteiger partial charge on any atom is 0.235 e. The Morgan fingerprint density at radius 3 is 2.73 bits per heavy atom. The van der Waals surface area contributed by atoms with Gasteiger partial charge in [-0.15, -0.1) is 0 Å². The molecule has 3 heteroatoms. The third-order valence-corrected chi connectivity index (χ3v) is 3.33. The van der Waals surface area contributed by atoms with Crippen LogP contribution in [-0.2, 0) is 9.59 Å². The molecule has 3 aliphatic rings. The van der Waals surface area contributed by atoms with E-state index >= 15 is 0 Å². The lowest BCUT2D eigenvalue weighted by atomic mass is 9.54. The zero-order valence-corrected chi connectivity index (χ0v) is 6.86. The van der Waals surface area contributed by atoms with Gasteiger partial charge in [0.15, 0.2) is 5.78 Å². The van der Waals surface area contributed by atoms with Crippen LogP contribution in [-0.4, -0.2) is 11.0 Å². The average molecular weight is 173 g/mol. The zero-order chi connectivity index (χ0) is 8.06. The number of rotatable bonds is 1. The molecule has 0 heterocycles. The molecule has 2 nitrogen and oxygen atoms in total. The van der Waals surface area contributed by atoms with E-state index in [0.29, 0.717) is 12.8 Å². The number of hydrogen-bond acceptors (Lipinski definition) is 2. The predicted molar refractivity (Wildman–Crippen MR) is 40.3 cm³/mol. The third kappa shape index (κ3) is 0.734. The highest BCUT2D eigenvalue weighted by Gasteiger charge is 2.59. The lowest BCUT2D eigenvalue weighted by molar-refractivity contribution is -0.157. The monoisotopic (exact) mass is 172 g/mol. The van der Waals surface area contributed by atoms with Crippen molar-refractivity contribution in [2.45, 2.75) is 25.7 Å². The summed E-state index contributed by atoms with van der Waals surface area (Å²) in [5.41, 5.74) is -0.732. The van der Waals surface area contributed by atoms with Crippen molar-refractivity contribution < 1.29 is 9.59 Å². The predicted octanol–water partition coefficient (Wildman–Crippen LogP) is 1.51. The fourth-order valence-corrected chi connectivity index (χ4v) is 2.52. The fraction of sp³-hybridized carbons (Fsp3) is 0.750. The number of Topliss-reactive ketones (excluding diaryl/α,β-unsaturated/α-hetero) is 1. The lowest BCUT2D eigenvalue weighted by Gasteiger charge is -2.47. The number of fused-ring (bicyclic) bond motifs is 2. The summed E-state index contributed by atoms with van der Waals surface area (Å²) < 4.78 is 0. The van der Waals surface area contributed by atoms with Gasteiger partial charge in [0.05, 0.1) is 0 Å². The molecule has 0 aromatic heterocycles. The Morgan fingerprint density at radius 2 is 2.36 bits per heavy atom. The highest BCUT2D eigenvalue weighted by atomic mass is 35.5. The van der Waals surface area contributed by atoms with E-state index in [-0.39, 0.29) is 11.7 Å². The van der Waals surface area contributed by atoms with Gasteiger partial charge in [-0.25, -0.2) is 0 Å². The molecule has 2 atom stereocenters. The second-order valence-corrected chi connectivity index (χ2v) is 3.86. The van der Waals surface area contributed by atoms with Crippen LogP contribution in [0.25, 0.3) is 0 Å². The molecule has 0 radical (unpaired) electrons. The number of ketones is 1. The summed E-state index contributed by atoms with van der Waals surface area (Å²) in [4.78, 5) is 22.2. The van der Waals surface area contributed by atoms with Crippen LogP contribution in [0.1, 0.15) is 25.7 Å². The molecular formula is C8H9ClO2. The Balaban J connectivity index is 2.27. The summed E-state index contributed by atoms with van der Waals surface area (Å²) in [5, 5.41) is -0.432. The molecule has 3 rings (SSSR count). The molecule has 2 bridgehead atoms.